The molecule has 0 saturated carbocycles. The van der Waals surface area contributed by atoms with Gasteiger partial charge in [-0.25, -0.2) is 4.39 Å². The lowest BCUT2D eigenvalue weighted by Crippen LogP contribution is -2.34. The van der Waals surface area contributed by atoms with Crippen molar-refractivity contribution in [1.82, 2.24) is 5.32 Å². The number of phenols is 1. The van der Waals surface area contributed by atoms with Gasteiger partial charge in [0, 0.05) is 12.6 Å². The summed E-state index contributed by atoms with van der Waals surface area (Å²) in [6, 6.07) is 3.25. The van der Waals surface area contributed by atoms with Crippen molar-refractivity contribution in [2.45, 2.75) is 25.7 Å². The van der Waals surface area contributed by atoms with Crippen molar-refractivity contribution < 1.29 is 23.8 Å². The Balaban J connectivity index is 1.91. The molecule has 1 amide bonds. The van der Waals surface area contributed by atoms with Crippen molar-refractivity contribution in [3.63, 3.8) is 0 Å². The third-order valence-corrected chi connectivity index (χ3v) is 2.76. The van der Waals surface area contributed by atoms with Crippen LogP contribution in [0.2, 0.25) is 0 Å². The van der Waals surface area contributed by atoms with Crippen LogP contribution in [-0.2, 0) is 9.47 Å². The largest absolute Gasteiger partial charge is 0.507 e. The minimum Gasteiger partial charge on any atom is -0.507 e. The molecule has 0 radical (unpaired) electrons. The highest BCUT2D eigenvalue weighted by atomic mass is 19.1. The number of benzene rings is 1. The van der Waals surface area contributed by atoms with Gasteiger partial charge in [0.2, 0.25) is 0 Å². The summed E-state index contributed by atoms with van der Waals surface area (Å²) in [7, 11) is 0. The zero-order chi connectivity index (χ0) is 14.0. The van der Waals surface area contributed by atoms with Gasteiger partial charge in [-0.1, -0.05) is 0 Å². The smallest absolute Gasteiger partial charge is 0.255 e. The van der Waals surface area contributed by atoms with E-state index in [9.17, 15) is 14.3 Å². The van der Waals surface area contributed by atoms with Crippen molar-refractivity contribution in [2.75, 3.05) is 13.2 Å². The number of rotatable bonds is 3. The van der Waals surface area contributed by atoms with Crippen LogP contribution in [0.5, 0.6) is 5.75 Å². The minimum atomic E-state index is -0.645. The van der Waals surface area contributed by atoms with Crippen LogP contribution >= 0.6 is 0 Å². The van der Waals surface area contributed by atoms with Crippen LogP contribution in [0, 0.1) is 5.82 Å². The number of hydrogen-bond donors (Lipinski definition) is 2. The van der Waals surface area contributed by atoms with Crippen LogP contribution in [0.15, 0.2) is 18.2 Å². The maximum atomic E-state index is 12.8. The van der Waals surface area contributed by atoms with E-state index in [0.29, 0.717) is 6.61 Å². The first-order chi connectivity index (χ1) is 8.87. The van der Waals surface area contributed by atoms with E-state index in [1.54, 1.807) is 13.8 Å². The standard InChI is InChI=1S/C13H16FNO4/c1-13(2)18-7-9(19-13)6-15-12(17)10-4-3-8(14)5-11(10)16/h3-5,9,16H,6-7H2,1-2H3,(H,15,17). The lowest BCUT2D eigenvalue weighted by atomic mass is 10.2. The lowest BCUT2D eigenvalue weighted by Gasteiger charge is -2.17. The zero-order valence-electron chi connectivity index (χ0n) is 10.8. The topological polar surface area (TPSA) is 67.8 Å². The van der Waals surface area contributed by atoms with Crippen molar-refractivity contribution in [1.29, 1.82) is 0 Å². The zero-order valence-corrected chi connectivity index (χ0v) is 10.8. The van der Waals surface area contributed by atoms with Gasteiger partial charge in [0.05, 0.1) is 12.2 Å². The van der Waals surface area contributed by atoms with Gasteiger partial charge in [-0.05, 0) is 26.0 Å². The van der Waals surface area contributed by atoms with Crippen LogP contribution in [0.1, 0.15) is 24.2 Å². The summed E-state index contributed by atoms with van der Waals surface area (Å²) < 4.78 is 23.7. The fourth-order valence-corrected chi connectivity index (χ4v) is 1.86. The molecule has 1 aromatic carbocycles. The summed E-state index contributed by atoms with van der Waals surface area (Å²) in [6.45, 7) is 4.24. The number of amides is 1. The first kappa shape index (κ1) is 13.8. The third-order valence-electron chi connectivity index (χ3n) is 2.76. The number of carbonyl (C=O) groups excluding carboxylic acids is 1. The van der Waals surface area contributed by atoms with Gasteiger partial charge in [0.15, 0.2) is 5.79 Å². The van der Waals surface area contributed by atoms with Crippen LogP contribution in [-0.4, -0.2) is 36.1 Å². The van der Waals surface area contributed by atoms with Gasteiger partial charge in [-0.3, -0.25) is 4.79 Å². The molecule has 2 N–H and O–H groups in total. The number of phenolic OH excluding ortho intramolecular Hbond substituents is 1. The van der Waals surface area contributed by atoms with E-state index in [1.807, 2.05) is 0 Å². The van der Waals surface area contributed by atoms with Gasteiger partial charge in [0.25, 0.3) is 5.91 Å². The number of ether oxygens (including phenoxy) is 2. The van der Waals surface area contributed by atoms with Crippen LogP contribution in [0.25, 0.3) is 0 Å². The van der Waals surface area contributed by atoms with E-state index in [0.717, 1.165) is 12.1 Å². The highest BCUT2D eigenvalue weighted by molar-refractivity contribution is 5.96. The molecule has 1 atom stereocenters. The fraction of sp³-hybridized carbons (Fsp3) is 0.462. The molecule has 1 heterocycles. The summed E-state index contributed by atoms with van der Waals surface area (Å²) in [4.78, 5) is 11.8. The second-order valence-electron chi connectivity index (χ2n) is 4.82. The second-order valence-corrected chi connectivity index (χ2v) is 4.82. The first-order valence-corrected chi connectivity index (χ1v) is 5.96. The quantitative estimate of drug-likeness (QED) is 0.870. The third kappa shape index (κ3) is 3.42. The predicted octanol–water partition coefficient (Wildman–Crippen LogP) is 1.41. The van der Waals surface area contributed by atoms with E-state index in [2.05, 4.69) is 5.32 Å². The van der Waals surface area contributed by atoms with Crippen molar-refractivity contribution in [3.05, 3.63) is 29.6 Å². The number of halogens is 1. The van der Waals surface area contributed by atoms with Crippen molar-refractivity contribution in [2.24, 2.45) is 0 Å². The Morgan fingerprint density at radius 3 is 2.89 bits per heavy atom. The number of carbonyl (C=O) groups is 1. The summed E-state index contributed by atoms with van der Waals surface area (Å²) >= 11 is 0. The average Bonchev–Trinajstić information content (AvgIpc) is 2.66. The molecule has 6 heteroatoms. The highest BCUT2D eigenvalue weighted by Gasteiger charge is 2.32. The van der Waals surface area contributed by atoms with Crippen LogP contribution in [0.4, 0.5) is 4.39 Å². The number of nitrogens with one attached hydrogen (secondary N) is 1. The Morgan fingerprint density at radius 2 is 2.32 bits per heavy atom. The maximum Gasteiger partial charge on any atom is 0.255 e. The highest BCUT2D eigenvalue weighted by Crippen LogP contribution is 2.22. The molecule has 0 bridgehead atoms. The molecule has 104 valence electrons. The summed E-state index contributed by atoms with van der Waals surface area (Å²) in [6.07, 6.45) is -0.235. The molecule has 5 nitrogen and oxygen atoms in total. The Labute approximate surface area is 110 Å². The van der Waals surface area contributed by atoms with Crippen molar-refractivity contribution in [3.8, 4) is 5.75 Å². The normalized spacial score (nSPS) is 21.3. The van der Waals surface area contributed by atoms with E-state index in [-0.39, 0.29) is 24.0 Å². The molecule has 0 aromatic heterocycles. The number of aromatic hydroxyl groups is 1. The van der Waals surface area contributed by atoms with Gasteiger partial charge in [0.1, 0.15) is 17.7 Å². The molecule has 19 heavy (non-hydrogen) atoms. The fourth-order valence-electron chi connectivity index (χ4n) is 1.86. The SMILES string of the molecule is CC1(C)OCC(CNC(=O)c2ccc(F)cc2O)O1. The van der Waals surface area contributed by atoms with E-state index in [4.69, 9.17) is 9.47 Å². The van der Waals surface area contributed by atoms with Crippen LogP contribution in [0.3, 0.4) is 0 Å². The molecule has 0 aliphatic carbocycles. The van der Waals surface area contributed by atoms with Gasteiger partial charge < -0.3 is 19.9 Å². The Kier molecular flexibility index (Phi) is 3.73. The molecule has 0 spiro atoms. The Bertz CT molecular complexity index is 490. The molecule has 1 saturated heterocycles. The van der Waals surface area contributed by atoms with Gasteiger partial charge in [-0.15, -0.1) is 0 Å². The summed E-state index contributed by atoms with van der Waals surface area (Å²) in [5, 5.41) is 12.1. The molecule has 1 aliphatic heterocycles. The number of hydrogen-bond acceptors (Lipinski definition) is 4. The first-order valence-electron chi connectivity index (χ1n) is 5.96. The Hall–Kier alpha value is -1.66. The Morgan fingerprint density at radius 1 is 1.58 bits per heavy atom. The molecular weight excluding hydrogens is 253 g/mol. The molecule has 1 aliphatic rings. The second kappa shape index (κ2) is 5.14. The monoisotopic (exact) mass is 269 g/mol. The van der Waals surface area contributed by atoms with Crippen LogP contribution < -0.4 is 5.32 Å². The van der Waals surface area contributed by atoms with E-state index in [1.165, 1.54) is 6.07 Å². The lowest BCUT2D eigenvalue weighted by molar-refractivity contribution is -0.137. The van der Waals surface area contributed by atoms with Gasteiger partial charge >= 0.3 is 0 Å². The molecule has 2 rings (SSSR count). The van der Waals surface area contributed by atoms with E-state index >= 15 is 0 Å². The average molecular weight is 269 g/mol. The molecular formula is C13H16FNO4. The molecule has 1 fully saturated rings. The summed E-state index contributed by atoms with van der Waals surface area (Å²) in [5.74, 6) is -2.11. The minimum absolute atomic E-state index is 0.0274. The summed E-state index contributed by atoms with van der Waals surface area (Å²) in [5.41, 5.74) is 0.0274. The molecule has 1 unspecified atom stereocenters. The van der Waals surface area contributed by atoms with E-state index < -0.39 is 17.5 Å². The van der Waals surface area contributed by atoms with Crippen molar-refractivity contribution >= 4 is 5.91 Å². The molecule has 1 aromatic rings. The maximum absolute atomic E-state index is 12.8. The predicted molar refractivity (Wildman–Crippen MR) is 65.3 cm³/mol. The van der Waals surface area contributed by atoms with Gasteiger partial charge in [-0.2, -0.15) is 0 Å².